The van der Waals surface area contributed by atoms with E-state index in [9.17, 15) is 14.4 Å². The van der Waals surface area contributed by atoms with Gasteiger partial charge in [-0.1, -0.05) is 6.92 Å². The lowest BCUT2D eigenvalue weighted by atomic mass is 10.1. The van der Waals surface area contributed by atoms with E-state index >= 15 is 0 Å². The van der Waals surface area contributed by atoms with Gasteiger partial charge in [0.05, 0.1) is 18.8 Å². The quantitative estimate of drug-likeness (QED) is 0.389. The number of hydrogen-bond donors (Lipinski definition) is 3. The highest BCUT2D eigenvalue weighted by Gasteiger charge is 2.28. The van der Waals surface area contributed by atoms with Crippen LogP contribution in [0.2, 0.25) is 0 Å². The van der Waals surface area contributed by atoms with Crippen molar-refractivity contribution in [3.63, 3.8) is 0 Å². The predicted octanol–water partition coefficient (Wildman–Crippen LogP) is 0.597. The number of rotatable bonds is 14. The van der Waals surface area contributed by atoms with Crippen molar-refractivity contribution in [2.24, 2.45) is 0 Å². The maximum absolute atomic E-state index is 11.9. The number of ether oxygens (including phenoxy) is 2. The van der Waals surface area contributed by atoms with Gasteiger partial charge >= 0.3 is 11.9 Å². The maximum Gasteiger partial charge on any atom is 0.329 e. The molecule has 3 N–H and O–H groups in total. The summed E-state index contributed by atoms with van der Waals surface area (Å²) in [5, 5.41) is 19.9. The van der Waals surface area contributed by atoms with Crippen molar-refractivity contribution in [3.05, 3.63) is 0 Å². The molecule has 0 saturated carbocycles. The van der Waals surface area contributed by atoms with Gasteiger partial charge in [-0.15, -0.1) is 0 Å². The first-order chi connectivity index (χ1) is 10.8. The van der Waals surface area contributed by atoms with Crippen molar-refractivity contribution in [1.82, 2.24) is 5.32 Å². The van der Waals surface area contributed by atoms with Gasteiger partial charge in [0.25, 0.3) is 0 Å². The first-order valence-corrected chi connectivity index (χ1v) is 8.42. The second kappa shape index (κ2) is 12.1. The van der Waals surface area contributed by atoms with E-state index in [4.69, 9.17) is 19.7 Å². The molecule has 0 aliphatic heterocycles. The highest BCUT2D eigenvalue weighted by molar-refractivity contribution is 7.99. The van der Waals surface area contributed by atoms with Crippen LogP contribution >= 0.6 is 11.8 Å². The van der Waals surface area contributed by atoms with Crippen LogP contribution in [0.5, 0.6) is 0 Å². The standard InChI is InChI=1S/C14H25NO7S/c1-3-5-23-6-4-11(16)15-14(2,9-21-7-12(17)18)10-22-8-13(19)20/h3-10H2,1-2H3,(H,15,16)(H,17,18)(H,19,20). The molecule has 0 aliphatic rings. The lowest BCUT2D eigenvalue weighted by molar-refractivity contribution is -0.144. The molecule has 0 unspecified atom stereocenters. The van der Waals surface area contributed by atoms with Crippen LogP contribution in [0.1, 0.15) is 26.7 Å². The topological polar surface area (TPSA) is 122 Å². The molecule has 134 valence electrons. The molecular formula is C14H25NO7S. The Morgan fingerprint density at radius 2 is 1.57 bits per heavy atom. The van der Waals surface area contributed by atoms with Crippen LogP contribution in [0.3, 0.4) is 0 Å². The fraction of sp³-hybridized carbons (Fsp3) is 0.786. The average Bonchev–Trinajstić information content (AvgIpc) is 2.42. The van der Waals surface area contributed by atoms with Gasteiger partial charge in [0.15, 0.2) is 0 Å². The molecule has 0 spiro atoms. The molecule has 8 nitrogen and oxygen atoms in total. The molecule has 0 atom stereocenters. The minimum absolute atomic E-state index is 0.0905. The summed E-state index contributed by atoms with van der Waals surface area (Å²) in [7, 11) is 0. The van der Waals surface area contributed by atoms with Gasteiger partial charge in [-0.2, -0.15) is 11.8 Å². The zero-order valence-electron chi connectivity index (χ0n) is 13.5. The summed E-state index contributed by atoms with van der Waals surface area (Å²) < 4.78 is 10.0. The molecule has 0 bridgehead atoms. The molecule has 0 radical (unpaired) electrons. The summed E-state index contributed by atoms with van der Waals surface area (Å²) in [5.74, 6) is -0.799. The van der Waals surface area contributed by atoms with E-state index in [0.717, 1.165) is 12.2 Å². The predicted molar refractivity (Wildman–Crippen MR) is 85.7 cm³/mol. The van der Waals surface area contributed by atoms with Crippen LogP contribution in [-0.4, -0.2) is 71.5 Å². The molecule has 0 aromatic heterocycles. The Morgan fingerprint density at radius 1 is 1.04 bits per heavy atom. The van der Waals surface area contributed by atoms with Gasteiger partial charge < -0.3 is 25.0 Å². The van der Waals surface area contributed by atoms with Gasteiger partial charge in [0.2, 0.25) is 5.91 Å². The molecule has 9 heteroatoms. The summed E-state index contributed by atoms with van der Waals surface area (Å²) in [6.07, 6.45) is 1.36. The number of aliphatic carboxylic acids is 2. The highest BCUT2D eigenvalue weighted by atomic mass is 32.2. The van der Waals surface area contributed by atoms with Crippen molar-refractivity contribution in [2.45, 2.75) is 32.2 Å². The van der Waals surface area contributed by atoms with Crippen molar-refractivity contribution in [3.8, 4) is 0 Å². The third-order valence-corrected chi connectivity index (χ3v) is 3.75. The first-order valence-electron chi connectivity index (χ1n) is 7.27. The lowest BCUT2D eigenvalue weighted by Gasteiger charge is -2.30. The summed E-state index contributed by atoms with van der Waals surface area (Å²) in [4.78, 5) is 32.9. The molecule has 0 fully saturated rings. The summed E-state index contributed by atoms with van der Waals surface area (Å²) >= 11 is 1.67. The van der Waals surface area contributed by atoms with Crippen LogP contribution < -0.4 is 5.32 Å². The maximum atomic E-state index is 11.9. The SMILES string of the molecule is CCCSCCC(=O)NC(C)(COCC(=O)O)COCC(=O)O. The summed E-state index contributed by atoms with van der Waals surface area (Å²) in [6.45, 7) is 2.49. The molecule has 0 rings (SSSR count). The average molecular weight is 351 g/mol. The van der Waals surface area contributed by atoms with E-state index in [1.165, 1.54) is 0 Å². The number of carboxylic acids is 2. The van der Waals surface area contributed by atoms with E-state index in [1.807, 2.05) is 0 Å². The summed E-state index contributed by atoms with van der Waals surface area (Å²) in [6, 6.07) is 0. The fourth-order valence-electron chi connectivity index (χ4n) is 1.65. The number of hydrogen-bond acceptors (Lipinski definition) is 6. The number of carboxylic acid groups (broad SMARTS) is 2. The minimum atomic E-state index is -1.12. The number of carbonyl (C=O) groups excluding carboxylic acids is 1. The van der Waals surface area contributed by atoms with Crippen LogP contribution in [-0.2, 0) is 23.9 Å². The third-order valence-electron chi connectivity index (χ3n) is 2.56. The van der Waals surface area contributed by atoms with E-state index < -0.39 is 30.7 Å². The number of amides is 1. The first kappa shape index (κ1) is 21.7. The number of thioether (sulfide) groups is 1. The van der Waals surface area contributed by atoms with E-state index in [1.54, 1.807) is 18.7 Å². The van der Waals surface area contributed by atoms with Crippen molar-refractivity contribution in [1.29, 1.82) is 0 Å². The molecule has 1 amide bonds. The fourth-order valence-corrected chi connectivity index (χ4v) is 2.47. The summed E-state index contributed by atoms with van der Waals surface area (Å²) in [5.41, 5.74) is -0.989. The van der Waals surface area contributed by atoms with Crippen molar-refractivity contribution < 1.29 is 34.1 Å². The second-order valence-electron chi connectivity index (χ2n) is 5.24. The largest absolute Gasteiger partial charge is 0.480 e. The van der Waals surface area contributed by atoms with Crippen LogP contribution in [0.4, 0.5) is 0 Å². The Hall–Kier alpha value is -1.32. The van der Waals surface area contributed by atoms with Crippen molar-refractivity contribution in [2.75, 3.05) is 37.9 Å². The third kappa shape index (κ3) is 12.9. The lowest BCUT2D eigenvalue weighted by Crippen LogP contribution is -2.53. The Morgan fingerprint density at radius 3 is 2.00 bits per heavy atom. The Balaban J connectivity index is 4.40. The smallest absolute Gasteiger partial charge is 0.329 e. The van der Waals surface area contributed by atoms with Crippen LogP contribution in [0.25, 0.3) is 0 Å². The second-order valence-corrected chi connectivity index (χ2v) is 6.47. The monoisotopic (exact) mass is 351 g/mol. The van der Waals surface area contributed by atoms with E-state index in [0.29, 0.717) is 12.2 Å². The highest BCUT2D eigenvalue weighted by Crippen LogP contribution is 2.09. The van der Waals surface area contributed by atoms with E-state index in [2.05, 4.69) is 12.2 Å². The van der Waals surface area contributed by atoms with Gasteiger partial charge in [-0.05, 0) is 19.1 Å². The Kier molecular flexibility index (Phi) is 11.4. The van der Waals surface area contributed by atoms with Gasteiger partial charge in [0, 0.05) is 12.2 Å². The number of nitrogens with one attached hydrogen (secondary N) is 1. The molecule has 0 heterocycles. The molecular weight excluding hydrogens is 326 g/mol. The normalized spacial score (nSPS) is 11.2. The van der Waals surface area contributed by atoms with Gasteiger partial charge in [0.1, 0.15) is 13.2 Å². The molecule has 0 aliphatic carbocycles. The van der Waals surface area contributed by atoms with Gasteiger partial charge in [-0.25, -0.2) is 9.59 Å². The molecule has 0 saturated heterocycles. The van der Waals surface area contributed by atoms with Gasteiger partial charge in [-0.3, -0.25) is 4.79 Å². The molecule has 0 aromatic carbocycles. The number of carbonyl (C=O) groups is 3. The zero-order chi connectivity index (χ0) is 17.7. The molecule has 23 heavy (non-hydrogen) atoms. The minimum Gasteiger partial charge on any atom is -0.480 e. The van der Waals surface area contributed by atoms with Crippen molar-refractivity contribution >= 4 is 29.6 Å². The van der Waals surface area contributed by atoms with Crippen LogP contribution in [0.15, 0.2) is 0 Å². The van der Waals surface area contributed by atoms with E-state index in [-0.39, 0.29) is 19.1 Å². The Labute approximate surface area is 139 Å². The van der Waals surface area contributed by atoms with Crippen LogP contribution in [0, 0.1) is 0 Å². The Bertz CT molecular complexity index is 369. The molecule has 0 aromatic rings. The zero-order valence-corrected chi connectivity index (χ0v) is 14.3.